The number of benzene rings is 1. The molecule has 3 N–H and O–H groups in total. The lowest BCUT2D eigenvalue weighted by Gasteiger charge is -2.10. The summed E-state index contributed by atoms with van der Waals surface area (Å²) in [5, 5.41) is 4.92. The second kappa shape index (κ2) is 4.97. The Balaban J connectivity index is 2.52. The quantitative estimate of drug-likeness (QED) is 0.897. The highest BCUT2D eigenvalue weighted by atomic mass is 32.2. The number of aryl methyl sites for hydroxylation is 1. The van der Waals surface area contributed by atoms with Crippen molar-refractivity contribution in [1.82, 2.24) is 14.3 Å². The lowest BCUT2D eigenvalue weighted by atomic mass is 10.1. The molecule has 116 valence electrons. The normalized spacial score (nSPS) is 13.3. The lowest BCUT2D eigenvalue weighted by Crippen LogP contribution is -2.33. The van der Waals surface area contributed by atoms with E-state index in [1.807, 2.05) is 0 Å². The molecule has 1 heterocycles. The Morgan fingerprint density at radius 2 is 2.00 bits per heavy atom. The van der Waals surface area contributed by atoms with E-state index >= 15 is 0 Å². The van der Waals surface area contributed by atoms with E-state index in [0.717, 1.165) is 10.4 Å². The van der Waals surface area contributed by atoms with E-state index in [-0.39, 0.29) is 23.4 Å². The Morgan fingerprint density at radius 1 is 1.38 bits per heavy atom. The molecule has 0 aliphatic heterocycles. The zero-order chi connectivity index (χ0) is 16.0. The molecule has 0 radical (unpaired) electrons. The van der Waals surface area contributed by atoms with Gasteiger partial charge in [-0.05, 0) is 24.6 Å². The molecule has 0 bridgehead atoms. The fourth-order valence-corrected chi connectivity index (χ4v) is 2.21. The molecule has 1 aromatic heterocycles. The van der Waals surface area contributed by atoms with Crippen molar-refractivity contribution in [2.24, 2.45) is 5.14 Å². The van der Waals surface area contributed by atoms with Gasteiger partial charge in [0, 0.05) is 7.05 Å². The average molecular weight is 322 g/mol. The Kier molecular flexibility index (Phi) is 3.72. The first-order valence-corrected chi connectivity index (χ1v) is 7.29. The van der Waals surface area contributed by atoms with Gasteiger partial charge in [0.15, 0.2) is 0 Å². The van der Waals surface area contributed by atoms with E-state index in [0.29, 0.717) is 5.56 Å². The number of imidazole rings is 1. The number of fused-ring (bicyclic) bond motifs is 1. The molecule has 0 saturated carbocycles. The molecule has 0 fully saturated rings. The molecule has 0 spiro atoms. The van der Waals surface area contributed by atoms with Crippen LogP contribution >= 0.6 is 0 Å². The summed E-state index contributed by atoms with van der Waals surface area (Å²) in [5.74, 6) is 0.0811. The highest BCUT2D eigenvalue weighted by Crippen LogP contribution is 2.34. The lowest BCUT2D eigenvalue weighted by molar-refractivity contribution is -0.136. The van der Waals surface area contributed by atoms with Gasteiger partial charge in [-0.1, -0.05) is 0 Å². The van der Waals surface area contributed by atoms with Gasteiger partial charge in [-0.2, -0.15) is 25.9 Å². The van der Waals surface area contributed by atoms with Gasteiger partial charge in [-0.25, -0.2) is 10.1 Å². The second-order valence-corrected chi connectivity index (χ2v) is 6.34. The summed E-state index contributed by atoms with van der Waals surface area (Å²) >= 11 is 0. The fourth-order valence-electron chi connectivity index (χ4n) is 1.90. The van der Waals surface area contributed by atoms with Crippen molar-refractivity contribution >= 4 is 21.2 Å². The number of hydrogen-bond acceptors (Lipinski definition) is 3. The summed E-state index contributed by atoms with van der Waals surface area (Å²) in [6.45, 7) is 1.29. The highest BCUT2D eigenvalue weighted by Gasteiger charge is 2.34. The number of aromatic nitrogens is 2. The molecule has 0 aliphatic rings. The van der Waals surface area contributed by atoms with Crippen LogP contribution in [0.3, 0.4) is 0 Å². The van der Waals surface area contributed by atoms with Crippen LogP contribution in [0.1, 0.15) is 17.0 Å². The smallest absolute Gasteiger partial charge is 0.341 e. The van der Waals surface area contributed by atoms with Gasteiger partial charge >= 0.3 is 6.18 Å². The Labute approximate surface area is 118 Å². The molecule has 6 nitrogen and oxygen atoms in total. The standard InChI is InChI=1S/C11H13F3N4O2S/c1-6-3-7(11(12,13)14)10-8(4-6)16-9(17-10)5-18(2)21(15,19)20/h3-4H,5H2,1-2H3,(H,16,17)(H2,15,19,20). The molecule has 21 heavy (non-hydrogen) atoms. The van der Waals surface area contributed by atoms with Crippen molar-refractivity contribution in [2.75, 3.05) is 7.05 Å². The predicted octanol–water partition coefficient (Wildman–Crippen LogP) is 1.53. The van der Waals surface area contributed by atoms with Crippen LogP contribution in [0, 0.1) is 6.92 Å². The minimum atomic E-state index is -4.54. The Morgan fingerprint density at radius 3 is 2.52 bits per heavy atom. The van der Waals surface area contributed by atoms with Crippen molar-refractivity contribution < 1.29 is 21.6 Å². The van der Waals surface area contributed by atoms with E-state index in [2.05, 4.69) is 9.97 Å². The van der Waals surface area contributed by atoms with E-state index in [1.165, 1.54) is 20.0 Å². The summed E-state index contributed by atoms with van der Waals surface area (Å²) in [6, 6.07) is 2.51. The summed E-state index contributed by atoms with van der Waals surface area (Å²) in [5.41, 5.74) is -0.492. The zero-order valence-corrected chi connectivity index (χ0v) is 12.0. The van der Waals surface area contributed by atoms with E-state index < -0.39 is 21.9 Å². The number of halogens is 3. The summed E-state index contributed by atoms with van der Waals surface area (Å²) in [4.78, 5) is 6.52. The molecule has 0 aliphatic carbocycles. The maximum Gasteiger partial charge on any atom is 0.418 e. The fraction of sp³-hybridized carbons (Fsp3) is 0.364. The highest BCUT2D eigenvalue weighted by molar-refractivity contribution is 7.86. The first kappa shape index (κ1) is 15.7. The number of nitrogens with zero attached hydrogens (tertiary/aromatic N) is 2. The molecular formula is C11H13F3N4O2S. The van der Waals surface area contributed by atoms with Crippen molar-refractivity contribution in [3.8, 4) is 0 Å². The van der Waals surface area contributed by atoms with Crippen LogP contribution in [0.2, 0.25) is 0 Å². The zero-order valence-electron chi connectivity index (χ0n) is 11.2. The van der Waals surface area contributed by atoms with Crippen molar-refractivity contribution in [3.63, 3.8) is 0 Å². The molecule has 2 rings (SSSR count). The number of aromatic amines is 1. The van der Waals surface area contributed by atoms with Gasteiger partial charge in [-0.3, -0.25) is 0 Å². The Hall–Kier alpha value is -1.65. The SMILES string of the molecule is Cc1cc(C(F)(F)F)c2nc(CN(C)S(N)(=O)=O)[nH]c2c1. The summed E-state index contributed by atoms with van der Waals surface area (Å²) in [7, 11) is -2.73. The molecule has 0 atom stereocenters. The third-order valence-corrected chi connectivity index (χ3v) is 3.89. The molecule has 1 aromatic carbocycles. The van der Waals surface area contributed by atoms with E-state index in [1.54, 1.807) is 0 Å². The van der Waals surface area contributed by atoms with Gasteiger partial charge in [0.2, 0.25) is 0 Å². The van der Waals surface area contributed by atoms with E-state index in [4.69, 9.17) is 5.14 Å². The van der Waals surface area contributed by atoms with Crippen molar-refractivity contribution in [3.05, 3.63) is 29.1 Å². The van der Waals surface area contributed by atoms with Crippen LogP contribution in [0.15, 0.2) is 12.1 Å². The predicted molar refractivity (Wildman–Crippen MR) is 70.4 cm³/mol. The second-order valence-electron chi connectivity index (χ2n) is 4.69. The first-order valence-electron chi connectivity index (χ1n) is 5.79. The number of nitrogens with two attached hydrogens (primary N) is 1. The minimum absolute atomic E-state index is 0.0811. The molecule has 2 aromatic rings. The maximum atomic E-state index is 13.0. The monoisotopic (exact) mass is 322 g/mol. The summed E-state index contributed by atoms with van der Waals surface area (Å²) in [6.07, 6.45) is -4.54. The van der Waals surface area contributed by atoms with Gasteiger partial charge < -0.3 is 4.98 Å². The van der Waals surface area contributed by atoms with Crippen LogP contribution in [0.4, 0.5) is 13.2 Å². The third kappa shape index (κ3) is 3.34. The van der Waals surface area contributed by atoms with Crippen molar-refractivity contribution in [1.29, 1.82) is 0 Å². The number of hydrogen-bond donors (Lipinski definition) is 2. The van der Waals surface area contributed by atoms with Crippen LogP contribution in [0.5, 0.6) is 0 Å². The molecule has 0 saturated heterocycles. The Bertz CT molecular complexity index is 783. The number of rotatable bonds is 3. The van der Waals surface area contributed by atoms with Crippen LogP contribution in [-0.4, -0.2) is 29.7 Å². The topological polar surface area (TPSA) is 92.1 Å². The number of nitrogens with one attached hydrogen (secondary N) is 1. The average Bonchev–Trinajstić information content (AvgIpc) is 2.67. The van der Waals surface area contributed by atoms with Gasteiger partial charge in [0.1, 0.15) is 11.3 Å². The maximum absolute atomic E-state index is 13.0. The van der Waals surface area contributed by atoms with Gasteiger partial charge in [0.05, 0.1) is 17.6 Å². The van der Waals surface area contributed by atoms with Crippen LogP contribution in [0.25, 0.3) is 11.0 Å². The van der Waals surface area contributed by atoms with Gasteiger partial charge in [0.25, 0.3) is 10.2 Å². The summed E-state index contributed by atoms with van der Waals surface area (Å²) < 4.78 is 61.9. The molecular weight excluding hydrogens is 309 g/mol. The molecule has 0 amide bonds. The molecule has 10 heteroatoms. The number of alkyl halides is 3. The minimum Gasteiger partial charge on any atom is -0.341 e. The van der Waals surface area contributed by atoms with Crippen molar-refractivity contribution in [2.45, 2.75) is 19.6 Å². The van der Waals surface area contributed by atoms with Crippen LogP contribution < -0.4 is 5.14 Å². The molecule has 0 unspecified atom stereocenters. The first-order chi connectivity index (χ1) is 9.48. The third-order valence-electron chi connectivity index (χ3n) is 2.89. The largest absolute Gasteiger partial charge is 0.418 e. The van der Waals surface area contributed by atoms with Crippen LogP contribution in [-0.2, 0) is 22.9 Å². The van der Waals surface area contributed by atoms with E-state index in [9.17, 15) is 21.6 Å². The number of H-pyrrole nitrogens is 1. The van der Waals surface area contributed by atoms with Gasteiger partial charge in [-0.15, -0.1) is 0 Å².